The van der Waals surface area contributed by atoms with E-state index in [9.17, 15) is 0 Å². The molecule has 0 aliphatic carbocycles. The van der Waals surface area contributed by atoms with Crippen LogP contribution < -0.4 is 5.32 Å². The lowest BCUT2D eigenvalue weighted by molar-refractivity contribution is 0.459. The molecular weight excluding hydrogens is 134 g/mol. The van der Waals surface area contributed by atoms with Crippen molar-refractivity contribution in [1.29, 1.82) is 0 Å². The van der Waals surface area contributed by atoms with Crippen LogP contribution in [-0.2, 0) is 0 Å². The minimum atomic E-state index is 0.634. The Bertz CT molecular complexity index is 156. The van der Waals surface area contributed by atoms with Crippen LogP contribution in [0.1, 0.15) is 27.7 Å². The van der Waals surface area contributed by atoms with E-state index in [0.717, 1.165) is 12.5 Å². The summed E-state index contributed by atoms with van der Waals surface area (Å²) >= 11 is 0. The zero-order chi connectivity index (χ0) is 8.43. The van der Waals surface area contributed by atoms with Gasteiger partial charge in [0.2, 0.25) is 0 Å². The average molecular weight is 153 g/mol. The van der Waals surface area contributed by atoms with E-state index in [1.807, 2.05) is 0 Å². The smallest absolute Gasteiger partial charge is 0.0308 e. The summed E-state index contributed by atoms with van der Waals surface area (Å²) in [6, 6.07) is 0.634. The first-order chi connectivity index (χ1) is 5.13. The standard InChI is InChI=1S/C10H19N/c1-7(2)9-5-6-11-10(9)8(3)4/h5,7-8,10-11H,6H2,1-4H3. The van der Waals surface area contributed by atoms with Gasteiger partial charge in [0.15, 0.2) is 0 Å². The molecule has 0 aromatic heterocycles. The number of nitrogens with one attached hydrogen (secondary N) is 1. The van der Waals surface area contributed by atoms with Crippen molar-refractivity contribution in [2.24, 2.45) is 11.8 Å². The molecule has 0 fully saturated rings. The van der Waals surface area contributed by atoms with Crippen LogP contribution in [0.3, 0.4) is 0 Å². The number of rotatable bonds is 2. The minimum Gasteiger partial charge on any atom is -0.307 e. The Morgan fingerprint density at radius 2 is 2.00 bits per heavy atom. The van der Waals surface area contributed by atoms with Gasteiger partial charge in [0.25, 0.3) is 0 Å². The Morgan fingerprint density at radius 1 is 1.36 bits per heavy atom. The van der Waals surface area contributed by atoms with E-state index in [0.29, 0.717) is 12.0 Å². The second-order valence-corrected chi connectivity index (χ2v) is 3.99. The van der Waals surface area contributed by atoms with Crippen molar-refractivity contribution in [2.75, 3.05) is 6.54 Å². The second kappa shape index (κ2) is 3.40. The Labute approximate surface area is 69.9 Å². The van der Waals surface area contributed by atoms with Gasteiger partial charge in [-0.3, -0.25) is 0 Å². The Kier molecular flexibility index (Phi) is 2.72. The van der Waals surface area contributed by atoms with Crippen molar-refractivity contribution in [2.45, 2.75) is 33.7 Å². The van der Waals surface area contributed by atoms with Gasteiger partial charge in [-0.25, -0.2) is 0 Å². The molecule has 0 bridgehead atoms. The van der Waals surface area contributed by atoms with Gasteiger partial charge in [-0.1, -0.05) is 39.3 Å². The Balaban J connectivity index is 2.63. The summed E-state index contributed by atoms with van der Waals surface area (Å²) in [5.74, 6) is 1.43. The molecule has 0 saturated carbocycles. The maximum atomic E-state index is 3.49. The topological polar surface area (TPSA) is 12.0 Å². The fourth-order valence-electron chi connectivity index (χ4n) is 1.76. The quantitative estimate of drug-likeness (QED) is 0.600. The molecule has 1 N–H and O–H groups in total. The van der Waals surface area contributed by atoms with Gasteiger partial charge in [0.05, 0.1) is 0 Å². The van der Waals surface area contributed by atoms with Crippen LogP contribution in [0.15, 0.2) is 11.6 Å². The maximum Gasteiger partial charge on any atom is 0.0308 e. The highest BCUT2D eigenvalue weighted by Gasteiger charge is 2.22. The molecule has 1 rings (SSSR count). The van der Waals surface area contributed by atoms with E-state index >= 15 is 0 Å². The van der Waals surface area contributed by atoms with Crippen LogP contribution in [0.4, 0.5) is 0 Å². The van der Waals surface area contributed by atoms with Crippen LogP contribution >= 0.6 is 0 Å². The van der Waals surface area contributed by atoms with Crippen LogP contribution in [0.2, 0.25) is 0 Å². The predicted octanol–water partition coefficient (Wildman–Crippen LogP) is 2.20. The van der Waals surface area contributed by atoms with Crippen LogP contribution in [0.25, 0.3) is 0 Å². The van der Waals surface area contributed by atoms with Crippen molar-refractivity contribution in [3.05, 3.63) is 11.6 Å². The normalized spacial score (nSPS) is 24.9. The molecule has 1 heterocycles. The molecule has 64 valence electrons. The maximum absolute atomic E-state index is 3.49. The number of hydrogen-bond donors (Lipinski definition) is 1. The first-order valence-corrected chi connectivity index (χ1v) is 4.56. The fraction of sp³-hybridized carbons (Fsp3) is 0.800. The molecule has 0 aromatic carbocycles. The molecule has 1 nitrogen and oxygen atoms in total. The molecule has 1 heteroatoms. The molecule has 1 unspecified atom stereocenters. The molecule has 0 spiro atoms. The van der Waals surface area contributed by atoms with Crippen molar-refractivity contribution >= 4 is 0 Å². The Hall–Kier alpha value is -0.300. The largest absolute Gasteiger partial charge is 0.307 e. The molecule has 1 aliphatic heterocycles. The zero-order valence-corrected chi connectivity index (χ0v) is 8.02. The van der Waals surface area contributed by atoms with Crippen molar-refractivity contribution in [1.82, 2.24) is 5.32 Å². The third-order valence-electron chi connectivity index (χ3n) is 2.37. The van der Waals surface area contributed by atoms with Crippen molar-refractivity contribution in [3.63, 3.8) is 0 Å². The van der Waals surface area contributed by atoms with E-state index < -0.39 is 0 Å². The minimum absolute atomic E-state index is 0.634. The average Bonchev–Trinajstić information content (AvgIpc) is 2.32. The lowest BCUT2D eigenvalue weighted by Gasteiger charge is -2.21. The Morgan fingerprint density at radius 3 is 2.36 bits per heavy atom. The summed E-state index contributed by atoms with van der Waals surface area (Å²) in [5.41, 5.74) is 1.60. The summed E-state index contributed by atoms with van der Waals surface area (Å²) in [6.45, 7) is 10.2. The molecule has 1 aliphatic rings. The highest BCUT2D eigenvalue weighted by molar-refractivity contribution is 5.20. The van der Waals surface area contributed by atoms with Crippen molar-refractivity contribution < 1.29 is 0 Å². The van der Waals surface area contributed by atoms with E-state index in [1.165, 1.54) is 0 Å². The van der Waals surface area contributed by atoms with E-state index in [4.69, 9.17) is 0 Å². The molecule has 1 atom stereocenters. The van der Waals surface area contributed by atoms with Crippen LogP contribution in [-0.4, -0.2) is 12.6 Å². The summed E-state index contributed by atoms with van der Waals surface area (Å²) in [6.07, 6.45) is 2.34. The zero-order valence-electron chi connectivity index (χ0n) is 8.02. The van der Waals surface area contributed by atoms with Gasteiger partial charge >= 0.3 is 0 Å². The highest BCUT2D eigenvalue weighted by Crippen LogP contribution is 2.22. The highest BCUT2D eigenvalue weighted by atomic mass is 14.9. The third-order valence-corrected chi connectivity index (χ3v) is 2.37. The van der Waals surface area contributed by atoms with Gasteiger partial charge in [-0.05, 0) is 11.8 Å². The molecule has 11 heavy (non-hydrogen) atoms. The summed E-state index contributed by atoms with van der Waals surface area (Å²) < 4.78 is 0. The molecule has 0 amide bonds. The number of hydrogen-bond acceptors (Lipinski definition) is 1. The lowest BCUT2D eigenvalue weighted by Crippen LogP contribution is -2.31. The lowest BCUT2D eigenvalue weighted by atomic mass is 9.90. The molecular formula is C10H19N. The molecule has 0 aromatic rings. The first kappa shape index (κ1) is 8.79. The summed E-state index contributed by atoms with van der Waals surface area (Å²) in [7, 11) is 0. The van der Waals surface area contributed by atoms with Gasteiger partial charge in [-0.15, -0.1) is 0 Å². The monoisotopic (exact) mass is 153 g/mol. The van der Waals surface area contributed by atoms with Crippen molar-refractivity contribution in [3.8, 4) is 0 Å². The van der Waals surface area contributed by atoms with E-state index in [-0.39, 0.29) is 0 Å². The summed E-state index contributed by atoms with van der Waals surface area (Å²) in [4.78, 5) is 0. The second-order valence-electron chi connectivity index (χ2n) is 3.99. The van der Waals surface area contributed by atoms with Gasteiger partial charge in [0.1, 0.15) is 0 Å². The van der Waals surface area contributed by atoms with Crippen LogP contribution in [0.5, 0.6) is 0 Å². The van der Waals surface area contributed by atoms with E-state index in [2.05, 4.69) is 39.1 Å². The van der Waals surface area contributed by atoms with Gasteiger partial charge < -0.3 is 5.32 Å². The van der Waals surface area contributed by atoms with Gasteiger partial charge in [0, 0.05) is 12.6 Å². The van der Waals surface area contributed by atoms with E-state index in [1.54, 1.807) is 5.57 Å². The predicted molar refractivity (Wildman–Crippen MR) is 49.5 cm³/mol. The SMILES string of the molecule is CC(C)C1=CCNC1C(C)C. The first-order valence-electron chi connectivity index (χ1n) is 4.56. The van der Waals surface area contributed by atoms with Gasteiger partial charge in [-0.2, -0.15) is 0 Å². The third kappa shape index (κ3) is 1.84. The summed E-state index contributed by atoms with van der Waals surface area (Å²) in [5, 5.41) is 3.49. The molecule has 0 radical (unpaired) electrons. The molecule has 0 saturated heterocycles. The van der Waals surface area contributed by atoms with Crippen LogP contribution in [0, 0.1) is 11.8 Å². The fourth-order valence-corrected chi connectivity index (χ4v) is 1.76.